The highest BCUT2D eigenvalue weighted by molar-refractivity contribution is 6.31. The van der Waals surface area contributed by atoms with E-state index in [2.05, 4.69) is 15.3 Å². The first-order valence-electron chi connectivity index (χ1n) is 5.73. The fourth-order valence-electron chi connectivity index (χ4n) is 1.75. The lowest BCUT2D eigenvalue weighted by Crippen LogP contribution is -2.12. The standard InChI is InChI=1S/C13H14ClN3O2/c1-8-16-12(6-13(18)17-8)15-7-9-10(14)4-3-5-11(9)19-2/h3-6H,7H2,1-2H3,(H2,15,16,17,18). The van der Waals surface area contributed by atoms with Crippen molar-refractivity contribution in [2.45, 2.75) is 13.5 Å². The third-order valence-electron chi connectivity index (χ3n) is 2.60. The number of nitrogens with one attached hydrogen (secondary N) is 2. The molecule has 0 spiro atoms. The summed E-state index contributed by atoms with van der Waals surface area (Å²) in [6.45, 7) is 2.15. The monoisotopic (exact) mass is 279 g/mol. The van der Waals surface area contributed by atoms with Crippen molar-refractivity contribution in [3.63, 3.8) is 0 Å². The summed E-state index contributed by atoms with van der Waals surface area (Å²) in [4.78, 5) is 18.1. The van der Waals surface area contributed by atoms with Crippen LogP contribution in [0.3, 0.4) is 0 Å². The molecular weight excluding hydrogens is 266 g/mol. The van der Waals surface area contributed by atoms with E-state index in [0.29, 0.717) is 29.0 Å². The molecule has 2 N–H and O–H groups in total. The molecule has 6 heteroatoms. The maximum atomic E-state index is 11.3. The number of halogens is 1. The summed E-state index contributed by atoms with van der Waals surface area (Å²) in [6, 6.07) is 6.84. The van der Waals surface area contributed by atoms with Gasteiger partial charge in [-0.1, -0.05) is 17.7 Å². The molecule has 1 aromatic carbocycles. The van der Waals surface area contributed by atoms with Crippen LogP contribution >= 0.6 is 11.6 Å². The highest BCUT2D eigenvalue weighted by Gasteiger charge is 2.07. The van der Waals surface area contributed by atoms with Crippen LogP contribution in [0.4, 0.5) is 5.82 Å². The van der Waals surface area contributed by atoms with Gasteiger partial charge < -0.3 is 15.0 Å². The van der Waals surface area contributed by atoms with E-state index in [1.807, 2.05) is 12.1 Å². The summed E-state index contributed by atoms with van der Waals surface area (Å²) in [6.07, 6.45) is 0. The van der Waals surface area contributed by atoms with Crippen LogP contribution in [0.1, 0.15) is 11.4 Å². The van der Waals surface area contributed by atoms with Crippen molar-refractivity contribution >= 4 is 17.4 Å². The number of rotatable bonds is 4. The van der Waals surface area contributed by atoms with Crippen LogP contribution < -0.4 is 15.6 Å². The Hall–Kier alpha value is -2.01. The van der Waals surface area contributed by atoms with Gasteiger partial charge in [-0.25, -0.2) is 4.98 Å². The van der Waals surface area contributed by atoms with Crippen LogP contribution in [-0.2, 0) is 6.54 Å². The van der Waals surface area contributed by atoms with Crippen LogP contribution in [0.5, 0.6) is 5.75 Å². The second-order valence-corrected chi connectivity index (χ2v) is 4.40. The summed E-state index contributed by atoms with van der Waals surface area (Å²) < 4.78 is 5.25. The van der Waals surface area contributed by atoms with E-state index in [9.17, 15) is 4.79 Å². The molecule has 19 heavy (non-hydrogen) atoms. The van der Waals surface area contributed by atoms with Crippen molar-refractivity contribution in [2.75, 3.05) is 12.4 Å². The molecule has 0 saturated heterocycles. The zero-order valence-electron chi connectivity index (χ0n) is 10.7. The number of H-pyrrole nitrogens is 1. The van der Waals surface area contributed by atoms with E-state index in [1.165, 1.54) is 6.07 Å². The number of nitrogens with zero attached hydrogens (tertiary/aromatic N) is 1. The maximum absolute atomic E-state index is 11.3. The molecule has 100 valence electrons. The summed E-state index contributed by atoms with van der Waals surface area (Å²) in [7, 11) is 1.59. The number of hydrogen-bond donors (Lipinski definition) is 2. The molecular formula is C13H14ClN3O2. The molecule has 5 nitrogen and oxygen atoms in total. The van der Waals surface area contributed by atoms with Crippen molar-refractivity contribution < 1.29 is 4.74 Å². The lowest BCUT2D eigenvalue weighted by molar-refractivity contribution is 0.410. The predicted octanol–water partition coefficient (Wildman–Crippen LogP) is 2.35. The van der Waals surface area contributed by atoms with Crippen LogP contribution in [0.2, 0.25) is 5.02 Å². The van der Waals surface area contributed by atoms with Gasteiger partial charge in [0.1, 0.15) is 17.4 Å². The summed E-state index contributed by atoms with van der Waals surface area (Å²) in [5.74, 6) is 1.76. The van der Waals surface area contributed by atoms with Crippen LogP contribution in [0.15, 0.2) is 29.1 Å². The van der Waals surface area contributed by atoms with Crippen molar-refractivity contribution in [3.05, 3.63) is 51.0 Å². The topological polar surface area (TPSA) is 67.0 Å². The zero-order chi connectivity index (χ0) is 13.8. The summed E-state index contributed by atoms with van der Waals surface area (Å²) in [5, 5.41) is 3.67. The van der Waals surface area contributed by atoms with Crippen molar-refractivity contribution in [3.8, 4) is 5.75 Å². The van der Waals surface area contributed by atoms with Gasteiger partial charge >= 0.3 is 0 Å². The molecule has 0 aliphatic heterocycles. The first-order valence-corrected chi connectivity index (χ1v) is 6.11. The Morgan fingerprint density at radius 1 is 1.47 bits per heavy atom. The second kappa shape index (κ2) is 5.75. The second-order valence-electron chi connectivity index (χ2n) is 3.99. The predicted molar refractivity (Wildman–Crippen MR) is 74.9 cm³/mol. The van der Waals surface area contributed by atoms with Crippen LogP contribution in [-0.4, -0.2) is 17.1 Å². The maximum Gasteiger partial charge on any atom is 0.252 e. The highest BCUT2D eigenvalue weighted by atomic mass is 35.5. The fourth-order valence-corrected chi connectivity index (χ4v) is 1.98. The molecule has 0 unspecified atom stereocenters. The first kappa shape index (κ1) is 13.4. The molecule has 0 saturated carbocycles. The Morgan fingerprint density at radius 2 is 2.26 bits per heavy atom. The van der Waals surface area contributed by atoms with Crippen LogP contribution in [0.25, 0.3) is 0 Å². The number of methoxy groups -OCH3 is 1. The number of ether oxygens (including phenoxy) is 1. The number of aromatic amines is 1. The van der Waals surface area contributed by atoms with E-state index >= 15 is 0 Å². The third kappa shape index (κ3) is 3.26. The molecule has 0 atom stereocenters. The quantitative estimate of drug-likeness (QED) is 0.901. The Labute approximate surface area is 115 Å². The Balaban J connectivity index is 2.21. The van der Waals surface area contributed by atoms with Gasteiger partial charge in [0.25, 0.3) is 5.56 Å². The highest BCUT2D eigenvalue weighted by Crippen LogP contribution is 2.26. The molecule has 0 amide bonds. The average Bonchev–Trinajstić information content (AvgIpc) is 2.36. The van der Waals surface area contributed by atoms with Crippen molar-refractivity contribution in [1.29, 1.82) is 0 Å². The first-order chi connectivity index (χ1) is 9.10. The minimum absolute atomic E-state index is 0.193. The zero-order valence-corrected chi connectivity index (χ0v) is 11.4. The summed E-state index contributed by atoms with van der Waals surface area (Å²) >= 11 is 6.13. The minimum Gasteiger partial charge on any atom is -0.496 e. The molecule has 0 bridgehead atoms. The van der Waals surface area contributed by atoms with Gasteiger partial charge in [-0.3, -0.25) is 4.79 Å². The number of benzene rings is 1. The molecule has 2 rings (SSSR count). The SMILES string of the molecule is COc1cccc(Cl)c1CNc1cc(=O)[nH]c(C)n1. The van der Waals surface area contributed by atoms with Gasteiger partial charge in [-0.2, -0.15) is 0 Å². The fraction of sp³-hybridized carbons (Fsp3) is 0.231. The van der Waals surface area contributed by atoms with Crippen molar-refractivity contribution in [1.82, 2.24) is 9.97 Å². The molecule has 0 fully saturated rings. The molecule has 0 aliphatic rings. The van der Waals surface area contributed by atoms with Crippen molar-refractivity contribution in [2.24, 2.45) is 0 Å². The van der Waals surface area contributed by atoms with E-state index in [1.54, 1.807) is 20.1 Å². The largest absolute Gasteiger partial charge is 0.496 e. The normalized spacial score (nSPS) is 10.3. The molecule has 0 radical (unpaired) electrons. The number of aryl methyl sites for hydroxylation is 1. The lowest BCUT2D eigenvalue weighted by atomic mass is 10.2. The minimum atomic E-state index is -0.193. The van der Waals surface area contributed by atoms with E-state index in [-0.39, 0.29) is 5.56 Å². The molecule has 2 aromatic rings. The van der Waals surface area contributed by atoms with E-state index in [0.717, 1.165) is 5.56 Å². The van der Waals surface area contributed by atoms with Crippen LogP contribution in [0, 0.1) is 6.92 Å². The number of aromatic nitrogens is 2. The molecule has 1 heterocycles. The Morgan fingerprint density at radius 3 is 2.95 bits per heavy atom. The van der Waals surface area contributed by atoms with Gasteiger partial charge in [-0.15, -0.1) is 0 Å². The van der Waals surface area contributed by atoms with E-state index < -0.39 is 0 Å². The van der Waals surface area contributed by atoms with Gasteiger partial charge in [0.2, 0.25) is 0 Å². The Bertz CT molecular complexity index is 640. The van der Waals surface area contributed by atoms with Gasteiger partial charge in [-0.05, 0) is 19.1 Å². The smallest absolute Gasteiger partial charge is 0.252 e. The molecule has 1 aromatic heterocycles. The molecule has 0 aliphatic carbocycles. The summed E-state index contributed by atoms with van der Waals surface area (Å²) in [5.41, 5.74) is 0.632. The van der Waals surface area contributed by atoms with E-state index in [4.69, 9.17) is 16.3 Å². The lowest BCUT2D eigenvalue weighted by Gasteiger charge is -2.11. The number of anilines is 1. The number of hydrogen-bond acceptors (Lipinski definition) is 4. The van der Waals surface area contributed by atoms with Gasteiger partial charge in [0.15, 0.2) is 0 Å². The van der Waals surface area contributed by atoms with Gasteiger partial charge in [0, 0.05) is 23.2 Å². The Kier molecular flexibility index (Phi) is 4.06. The van der Waals surface area contributed by atoms with Gasteiger partial charge in [0.05, 0.1) is 7.11 Å². The third-order valence-corrected chi connectivity index (χ3v) is 2.96. The average molecular weight is 280 g/mol.